The number of hydrogen-bond acceptors (Lipinski definition) is 4. The number of hydrogen-bond donors (Lipinski definition) is 2. The Balaban J connectivity index is 1.84. The number of halogens is 1. The summed E-state index contributed by atoms with van der Waals surface area (Å²) in [7, 11) is 1.53. The monoisotopic (exact) mass is 444 g/mol. The molecule has 4 rings (SSSR count). The highest BCUT2D eigenvalue weighted by atomic mass is 19.1. The van der Waals surface area contributed by atoms with Gasteiger partial charge in [-0.05, 0) is 38.0 Å². The van der Waals surface area contributed by atoms with Crippen LogP contribution in [0.1, 0.15) is 50.0 Å². The minimum Gasteiger partial charge on any atom is -0.383 e. The Kier molecular flexibility index (Phi) is 5.94. The Labute approximate surface area is 186 Å². The van der Waals surface area contributed by atoms with E-state index in [2.05, 4.69) is 10.6 Å². The van der Waals surface area contributed by atoms with Crippen LogP contribution in [0.5, 0.6) is 0 Å². The molecule has 0 saturated heterocycles. The molecule has 0 unspecified atom stereocenters. The standard InChI is InChI=1S/C23H29FN4O4/c1-14(29)25-19-17-12-15(24)8-9-18(17)27-13-23(2,22(31)26-16-6-4-5-7-16)28(10-11-32-3)21(30)20(19)27/h8-9,12,16H,4-7,10-11,13H2,1-3H3,(H,25,29)(H,26,31)/t23-/m1/s1. The lowest BCUT2D eigenvalue weighted by molar-refractivity contribution is -0.133. The Morgan fingerprint density at radius 3 is 2.66 bits per heavy atom. The molecule has 1 atom stereocenters. The molecule has 1 saturated carbocycles. The summed E-state index contributed by atoms with van der Waals surface area (Å²) in [4.78, 5) is 40.7. The van der Waals surface area contributed by atoms with Crippen molar-refractivity contribution in [3.05, 3.63) is 29.7 Å². The molecule has 1 aromatic heterocycles. The third-order valence-electron chi connectivity index (χ3n) is 6.53. The van der Waals surface area contributed by atoms with Gasteiger partial charge in [0.05, 0.1) is 24.4 Å². The van der Waals surface area contributed by atoms with Crippen LogP contribution >= 0.6 is 0 Å². The van der Waals surface area contributed by atoms with Gasteiger partial charge in [0, 0.05) is 32.0 Å². The molecule has 172 valence electrons. The van der Waals surface area contributed by atoms with Gasteiger partial charge in [0.2, 0.25) is 11.8 Å². The van der Waals surface area contributed by atoms with E-state index >= 15 is 0 Å². The molecule has 2 aliphatic rings. The molecule has 0 bridgehead atoms. The molecule has 2 heterocycles. The first-order valence-corrected chi connectivity index (χ1v) is 11.0. The maximum atomic E-state index is 14.1. The van der Waals surface area contributed by atoms with Crippen LogP contribution in [0.2, 0.25) is 0 Å². The predicted octanol–water partition coefficient (Wildman–Crippen LogP) is 2.66. The number of aromatic nitrogens is 1. The van der Waals surface area contributed by atoms with Gasteiger partial charge in [0.25, 0.3) is 5.91 Å². The lowest BCUT2D eigenvalue weighted by Crippen LogP contribution is -2.65. The van der Waals surface area contributed by atoms with Gasteiger partial charge in [0.1, 0.15) is 17.1 Å². The molecule has 0 radical (unpaired) electrons. The second-order valence-electron chi connectivity index (χ2n) is 8.83. The van der Waals surface area contributed by atoms with Gasteiger partial charge in [-0.25, -0.2) is 4.39 Å². The zero-order valence-electron chi connectivity index (χ0n) is 18.7. The maximum absolute atomic E-state index is 14.1. The van der Waals surface area contributed by atoms with E-state index in [1.165, 1.54) is 31.1 Å². The average Bonchev–Trinajstić information content (AvgIpc) is 3.34. The molecular weight excluding hydrogens is 415 g/mol. The average molecular weight is 445 g/mol. The van der Waals surface area contributed by atoms with E-state index in [-0.39, 0.29) is 48.9 Å². The number of nitrogens with zero attached hydrogens (tertiary/aromatic N) is 2. The number of nitrogens with one attached hydrogen (secondary N) is 2. The van der Waals surface area contributed by atoms with Gasteiger partial charge in [-0.3, -0.25) is 14.4 Å². The van der Waals surface area contributed by atoms with Crippen molar-refractivity contribution in [1.82, 2.24) is 14.8 Å². The summed E-state index contributed by atoms with van der Waals surface area (Å²) in [5, 5.41) is 6.25. The van der Waals surface area contributed by atoms with Gasteiger partial charge in [0.15, 0.2) is 0 Å². The van der Waals surface area contributed by atoms with E-state index in [0.717, 1.165) is 25.7 Å². The quantitative estimate of drug-likeness (QED) is 0.717. The molecule has 1 aliphatic carbocycles. The zero-order chi connectivity index (χ0) is 23.0. The molecule has 2 aromatic rings. The number of amides is 3. The van der Waals surface area contributed by atoms with Gasteiger partial charge in [-0.2, -0.15) is 0 Å². The fourth-order valence-corrected chi connectivity index (χ4v) is 4.90. The van der Waals surface area contributed by atoms with E-state index in [1.54, 1.807) is 17.6 Å². The number of carbonyl (C=O) groups excluding carboxylic acids is 3. The summed E-state index contributed by atoms with van der Waals surface area (Å²) >= 11 is 0. The van der Waals surface area contributed by atoms with Crippen LogP contribution in [0, 0.1) is 5.82 Å². The van der Waals surface area contributed by atoms with Gasteiger partial charge < -0.3 is 24.8 Å². The third kappa shape index (κ3) is 3.74. The number of carbonyl (C=O) groups is 3. The second kappa shape index (κ2) is 8.54. The van der Waals surface area contributed by atoms with Gasteiger partial charge in [-0.1, -0.05) is 12.8 Å². The van der Waals surface area contributed by atoms with Crippen LogP contribution in [-0.4, -0.2) is 59.0 Å². The van der Waals surface area contributed by atoms with Crippen LogP contribution in [0.15, 0.2) is 18.2 Å². The maximum Gasteiger partial charge on any atom is 0.273 e. The van der Waals surface area contributed by atoms with Crippen molar-refractivity contribution in [3.8, 4) is 0 Å². The number of ether oxygens (including phenoxy) is 1. The molecule has 0 spiro atoms. The van der Waals surface area contributed by atoms with Crippen molar-refractivity contribution in [2.45, 2.75) is 57.7 Å². The Bertz CT molecular complexity index is 1080. The molecule has 8 nitrogen and oxygen atoms in total. The summed E-state index contributed by atoms with van der Waals surface area (Å²) in [6.45, 7) is 3.73. The Morgan fingerprint density at radius 2 is 2.00 bits per heavy atom. The lowest BCUT2D eigenvalue weighted by atomic mass is 9.94. The number of rotatable bonds is 6. The molecule has 2 N–H and O–H groups in total. The first kappa shape index (κ1) is 22.3. The third-order valence-corrected chi connectivity index (χ3v) is 6.53. The van der Waals surface area contributed by atoms with Crippen molar-refractivity contribution in [3.63, 3.8) is 0 Å². The van der Waals surface area contributed by atoms with Gasteiger partial charge >= 0.3 is 0 Å². The Hall–Kier alpha value is -2.94. The van der Waals surface area contributed by atoms with Crippen LogP contribution in [0.25, 0.3) is 10.9 Å². The number of anilines is 1. The lowest BCUT2D eigenvalue weighted by Gasteiger charge is -2.44. The minimum absolute atomic E-state index is 0.102. The first-order chi connectivity index (χ1) is 15.3. The SMILES string of the molecule is COCCN1C(=O)c2c(NC(C)=O)c3cc(F)ccc3n2C[C@]1(C)C(=O)NC1CCCC1. The number of methoxy groups -OCH3 is 1. The summed E-state index contributed by atoms with van der Waals surface area (Å²) in [5.41, 5.74) is -0.0792. The summed E-state index contributed by atoms with van der Waals surface area (Å²) in [6.07, 6.45) is 4.01. The Morgan fingerprint density at radius 1 is 1.28 bits per heavy atom. The van der Waals surface area contributed by atoms with Crippen LogP contribution in [0.4, 0.5) is 10.1 Å². The van der Waals surface area contributed by atoms with E-state index in [0.29, 0.717) is 10.9 Å². The molecule has 3 amide bonds. The van der Waals surface area contributed by atoms with Crippen LogP contribution in [-0.2, 0) is 20.9 Å². The highest BCUT2D eigenvalue weighted by Gasteiger charge is 2.49. The van der Waals surface area contributed by atoms with Crippen molar-refractivity contribution < 1.29 is 23.5 Å². The smallest absolute Gasteiger partial charge is 0.273 e. The van der Waals surface area contributed by atoms with Crippen molar-refractivity contribution in [1.29, 1.82) is 0 Å². The highest BCUT2D eigenvalue weighted by molar-refractivity contribution is 6.14. The van der Waals surface area contributed by atoms with E-state index < -0.39 is 17.3 Å². The predicted molar refractivity (Wildman–Crippen MR) is 118 cm³/mol. The molecule has 32 heavy (non-hydrogen) atoms. The van der Waals surface area contributed by atoms with Crippen molar-refractivity contribution >= 4 is 34.3 Å². The minimum atomic E-state index is -1.17. The van der Waals surface area contributed by atoms with E-state index in [4.69, 9.17) is 4.74 Å². The van der Waals surface area contributed by atoms with Crippen LogP contribution < -0.4 is 10.6 Å². The largest absolute Gasteiger partial charge is 0.383 e. The fourth-order valence-electron chi connectivity index (χ4n) is 4.90. The van der Waals surface area contributed by atoms with E-state index in [9.17, 15) is 18.8 Å². The topological polar surface area (TPSA) is 92.7 Å². The molecule has 1 aromatic carbocycles. The van der Waals surface area contributed by atoms with E-state index in [1.807, 2.05) is 0 Å². The number of fused-ring (bicyclic) bond motifs is 3. The van der Waals surface area contributed by atoms with Gasteiger partial charge in [-0.15, -0.1) is 0 Å². The highest BCUT2D eigenvalue weighted by Crippen LogP contribution is 2.39. The number of benzene rings is 1. The molecule has 9 heteroatoms. The van der Waals surface area contributed by atoms with Crippen molar-refractivity contribution in [2.24, 2.45) is 0 Å². The fraction of sp³-hybridized carbons (Fsp3) is 0.522. The first-order valence-electron chi connectivity index (χ1n) is 11.0. The van der Waals surface area contributed by atoms with Crippen molar-refractivity contribution in [2.75, 3.05) is 25.6 Å². The summed E-state index contributed by atoms with van der Waals surface area (Å²) in [6, 6.07) is 4.29. The summed E-state index contributed by atoms with van der Waals surface area (Å²) in [5.74, 6) is -1.46. The normalized spacial score (nSPS) is 21.1. The zero-order valence-corrected chi connectivity index (χ0v) is 18.7. The molecule has 1 fully saturated rings. The van der Waals surface area contributed by atoms with Crippen LogP contribution in [0.3, 0.4) is 0 Å². The molecular formula is C23H29FN4O4. The summed E-state index contributed by atoms with van der Waals surface area (Å²) < 4.78 is 21.0. The molecule has 1 aliphatic heterocycles. The second-order valence-corrected chi connectivity index (χ2v) is 8.83.